The van der Waals surface area contributed by atoms with E-state index in [1.807, 2.05) is 0 Å². The Morgan fingerprint density at radius 2 is 0.694 bits per heavy atom. The van der Waals surface area contributed by atoms with E-state index >= 15 is 0 Å². The molecule has 6 heteroatoms. The third-order valence-electron chi connectivity index (χ3n) is 14.6. The van der Waals surface area contributed by atoms with E-state index in [1.54, 1.807) is 0 Å². The molecule has 2 atom stereocenters. The first kappa shape index (κ1) is 69.8. The van der Waals surface area contributed by atoms with Gasteiger partial charge in [0.1, 0.15) is 0 Å². The van der Waals surface area contributed by atoms with Crippen LogP contribution in [0.25, 0.3) is 0 Å². The highest BCUT2D eigenvalue weighted by Crippen LogP contribution is 2.17. The van der Waals surface area contributed by atoms with Crippen molar-refractivity contribution in [1.29, 1.82) is 0 Å². The van der Waals surface area contributed by atoms with E-state index in [4.69, 9.17) is 4.74 Å². The Labute approximate surface area is 448 Å². The minimum atomic E-state index is -0.662. The van der Waals surface area contributed by atoms with Gasteiger partial charge in [-0.15, -0.1) is 0 Å². The van der Waals surface area contributed by atoms with Crippen molar-refractivity contribution in [3.63, 3.8) is 0 Å². The maximum absolute atomic E-state index is 12.4. The van der Waals surface area contributed by atoms with Crippen molar-refractivity contribution in [2.45, 2.75) is 347 Å². The van der Waals surface area contributed by atoms with Gasteiger partial charge in [0, 0.05) is 12.8 Å². The molecule has 72 heavy (non-hydrogen) atoms. The highest BCUT2D eigenvalue weighted by molar-refractivity contribution is 5.76. The summed E-state index contributed by atoms with van der Waals surface area (Å²) >= 11 is 0. The van der Waals surface area contributed by atoms with Crippen molar-refractivity contribution >= 4 is 11.9 Å². The summed E-state index contributed by atoms with van der Waals surface area (Å²) in [5.74, 6) is -0.0377. The van der Waals surface area contributed by atoms with Crippen LogP contribution in [-0.4, -0.2) is 47.4 Å². The van der Waals surface area contributed by atoms with E-state index in [-0.39, 0.29) is 18.5 Å². The van der Waals surface area contributed by atoms with E-state index in [0.717, 1.165) is 57.8 Å². The first-order valence-electron chi connectivity index (χ1n) is 31.9. The van der Waals surface area contributed by atoms with Crippen molar-refractivity contribution in [2.24, 2.45) is 0 Å². The summed E-state index contributed by atoms with van der Waals surface area (Å²) in [6.07, 6.45) is 78.6. The molecule has 0 saturated carbocycles. The highest BCUT2D eigenvalue weighted by atomic mass is 16.5. The SMILES string of the molecule is CCCCC/C=C\C/C=C\CCCCCCCC(=O)OCCCCCCCCCCC/C=C\C/C=C\CCCCCCCCCCCCCCCCCC(=O)NC(CO)C(O)CCCCCCCCCCC. The fraction of sp³-hybridized carbons (Fsp3) is 0.848. The van der Waals surface area contributed by atoms with Crippen LogP contribution < -0.4 is 5.32 Å². The Balaban J connectivity index is 3.37. The summed E-state index contributed by atoms with van der Waals surface area (Å²) < 4.78 is 5.48. The Hall–Kier alpha value is -2.18. The number of aliphatic hydroxyl groups excluding tert-OH is 2. The minimum absolute atomic E-state index is 0.00123. The van der Waals surface area contributed by atoms with Crippen molar-refractivity contribution in [3.05, 3.63) is 48.6 Å². The van der Waals surface area contributed by atoms with Gasteiger partial charge in [-0.25, -0.2) is 0 Å². The lowest BCUT2D eigenvalue weighted by Gasteiger charge is -2.22. The summed E-state index contributed by atoms with van der Waals surface area (Å²) in [6.45, 7) is 4.90. The Morgan fingerprint density at radius 1 is 0.389 bits per heavy atom. The topological polar surface area (TPSA) is 95.9 Å². The summed E-state index contributed by atoms with van der Waals surface area (Å²) in [4.78, 5) is 24.5. The van der Waals surface area contributed by atoms with Gasteiger partial charge in [0.2, 0.25) is 5.91 Å². The summed E-state index contributed by atoms with van der Waals surface area (Å²) in [5.41, 5.74) is 0. The molecule has 0 bridgehead atoms. The Bertz CT molecular complexity index is 1210. The van der Waals surface area contributed by atoms with E-state index in [1.165, 1.54) is 244 Å². The fourth-order valence-corrected chi connectivity index (χ4v) is 9.70. The van der Waals surface area contributed by atoms with Crippen molar-refractivity contribution in [3.8, 4) is 0 Å². The number of unbranched alkanes of at least 4 members (excludes halogenated alkanes) is 40. The predicted octanol–water partition coefficient (Wildman–Crippen LogP) is 20.1. The molecular weight excluding hydrogens is 887 g/mol. The van der Waals surface area contributed by atoms with Crippen molar-refractivity contribution < 1.29 is 24.5 Å². The number of allylic oxidation sites excluding steroid dienone is 8. The van der Waals surface area contributed by atoms with Gasteiger partial charge in [0.15, 0.2) is 0 Å². The van der Waals surface area contributed by atoms with Crippen LogP contribution in [0.4, 0.5) is 0 Å². The van der Waals surface area contributed by atoms with E-state index < -0.39 is 12.1 Å². The first-order valence-corrected chi connectivity index (χ1v) is 31.9. The van der Waals surface area contributed by atoms with Crippen LogP contribution in [0.2, 0.25) is 0 Å². The van der Waals surface area contributed by atoms with Gasteiger partial charge in [-0.3, -0.25) is 9.59 Å². The molecule has 0 aliphatic carbocycles. The van der Waals surface area contributed by atoms with Gasteiger partial charge in [-0.2, -0.15) is 0 Å². The Kier molecular flexibility index (Phi) is 59.5. The number of hydrogen-bond acceptors (Lipinski definition) is 5. The molecule has 0 radical (unpaired) electrons. The first-order chi connectivity index (χ1) is 35.5. The van der Waals surface area contributed by atoms with E-state index in [9.17, 15) is 19.8 Å². The summed E-state index contributed by atoms with van der Waals surface area (Å²) in [5, 5.41) is 23.1. The van der Waals surface area contributed by atoms with Crippen molar-refractivity contribution in [1.82, 2.24) is 5.32 Å². The Morgan fingerprint density at radius 3 is 1.08 bits per heavy atom. The van der Waals surface area contributed by atoms with Crippen LogP contribution in [0.3, 0.4) is 0 Å². The number of esters is 1. The number of aliphatic hydroxyl groups is 2. The zero-order valence-corrected chi connectivity index (χ0v) is 48.2. The lowest BCUT2D eigenvalue weighted by molar-refractivity contribution is -0.143. The molecule has 1 amide bonds. The molecule has 0 saturated heterocycles. The van der Waals surface area contributed by atoms with Gasteiger partial charge in [-0.1, -0.05) is 281 Å². The number of carbonyl (C=O) groups excluding carboxylic acids is 2. The van der Waals surface area contributed by atoms with Crippen LogP contribution in [0.1, 0.15) is 335 Å². The average Bonchev–Trinajstić information content (AvgIpc) is 3.38. The van der Waals surface area contributed by atoms with Crippen LogP contribution in [0.15, 0.2) is 48.6 Å². The van der Waals surface area contributed by atoms with Gasteiger partial charge in [0.05, 0.1) is 25.4 Å². The molecule has 0 aromatic heterocycles. The highest BCUT2D eigenvalue weighted by Gasteiger charge is 2.20. The van der Waals surface area contributed by atoms with E-state index in [0.29, 0.717) is 25.9 Å². The number of nitrogens with one attached hydrogen (secondary N) is 1. The largest absolute Gasteiger partial charge is 0.466 e. The lowest BCUT2D eigenvalue weighted by atomic mass is 10.0. The maximum atomic E-state index is 12.4. The number of rotatable bonds is 59. The zero-order valence-electron chi connectivity index (χ0n) is 48.2. The molecule has 422 valence electrons. The maximum Gasteiger partial charge on any atom is 0.305 e. The van der Waals surface area contributed by atoms with Gasteiger partial charge in [-0.05, 0) is 89.9 Å². The molecule has 0 rings (SSSR count). The molecule has 0 aliphatic heterocycles. The quantitative estimate of drug-likeness (QED) is 0.0320. The van der Waals surface area contributed by atoms with E-state index in [2.05, 4.69) is 67.8 Å². The molecular formula is C66H123NO5. The number of carbonyl (C=O) groups is 2. The monoisotopic (exact) mass is 1010 g/mol. The second kappa shape index (κ2) is 61.4. The number of ether oxygens (including phenoxy) is 1. The molecule has 6 nitrogen and oxygen atoms in total. The van der Waals surface area contributed by atoms with Crippen molar-refractivity contribution in [2.75, 3.05) is 13.2 Å². The standard InChI is InChI=1S/C66H123NO5/c1-3-5-7-9-11-13-14-15-33-37-40-44-48-52-56-60-66(71)72-61-57-53-49-45-41-38-35-32-30-28-26-24-22-20-18-16-17-19-21-23-25-27-29-31-34-36-39-43-47-51-55-59-65(70)67-63(62-68)64(69)58-54-50-46-42-12-10-8-6-4-2/h11,13,15,18,20,24,26,33,63-64,68-69H,3-10,12,14,16-17,19,21-23,25,27-32,34-62H2,1-2H3,(H,67,70)/b13-11-,20-18-,26-24-,33-15-. The minimum Gasteiger partial charge on any atom is -0.466 e. The fourth-order valence-electron chi connectivity index (χ4n) is 9.70. The van der Waals surface area contributed by atoms with Gasteiger partial charge < -0.3 is 20.3 Å². The number of amides is 1. The molecule has 0 aromatic carbocycles. The van der Waals surface area contributed by atoms with Crippen LogP contribution in [-0.2, 0) is 14.3 Å². The zero-order chi connectivity index (χ0) is 52.2. The predicted molar refractivity (Wildman–Crippen MR) is 315 cm³/mol. The van der Waals surface area contributed by atoms with Gasteiger partial charge >= 0.3 is 5.97 Å². The second-order valence-corrected chi connectivity index (χ2v) is 21.7. The summed E-state index contributed by atoms with van der Waals surface area (Å²) in [6, 6.07) is -0.539. The van der Waals surface area contributed by atoms with Crippen LogP contribution >= 0.6 is 0 Å². The second-order valence-electron chi connectivity index (χ2n) is 21.7. The van der Waals surface area contributed by atoms with Crippen LogP contribution in [0.5, 0.6) is 0 Å². The van der Waals surface area contributed by atoms with Gasteiger partial charge in [0.25, 0.3) is 0 Å². The molecule has 0 aromatic rings. The summed E-state index contributed by atoms with van der Waals surface area (Å²) in [7, 11) is 0. The third kappa shape index (κ3) is 57.1. The number of hydrogen-bond donors (Lipinski definition) is 3. The molecule has 0 fully saturated rings. The molecule has 0 aliphatic rings. The van der Waals surface area contributed by atoms with Crippen LogP contribution in [0, 0.1) is 0 Å². The molecule has 0 heterocycles. The average molecular weight is 1010 g/mol. The molecule has 0 spiro atoms. The normalized spacial score (nSPS) is 12.9. The molecule has 2 unspecified atom stereocenters. The smallest absolute Gasteiger partial charge is 0.305 e. The molecule has 3 N–H and O–H groups in total. The third-order valence-corrected chi connectivity index (χ3v) is 14.6. The lowest BCUT2D eigenvalue weighted by Crippen LogP contribution is -2.45.